The third kappa shape index (κ3) is 2.93. The first kappa shape index (κ1) is 23.1. The van der Waals surface area contributed by atoms with Crippen LogP contribution in [0.5, 0.6) is 0 Å². The molecule has 0 amide bonds. The number of rotatable bonds is 2. The molecule has 196 valence electrons. The van der Waals surface area contributed by atoms with E-state index in [9.17, 15) is 4.79 Å². The summed E-state index contributed by atoms with van der Waals surface area (Å²) in [5.41, 5.74) is 12.8. The highest BCUT2D eigenvalue weighted by molar-refractivity contribution is 5.99. The number of hydrogen-bond acceptors (Lipinski definition) is 3. The molecule has 0 aliphatic heterocycles. The Bertz CT molecular complexity index is 2240. The molecule has 0 fully saturated rings. The van der Waals surface area contributed by atoms with Gasteiger partial charge in [0.1, 0.15) is 5.65 Å². The predicted molar refractivity (Wildman–Crippen MR) is 166 cm³/mol. The summed E-state index contributed by atoms with van der Waals surface area (Å²) in [4.78, 5) is 22.3. The lowest BCUT2D eigenvalue weighted by atomic mass is 9.70. The van der Waals surface area contributed by atoms with Crippen LogP contribution in [0.4, 0.5) is 0 Å². The molecular formula is C38H23N3O. The van der Waals surface area contributed by atoms with Gasteiger partial charge >= 0.3 is 5.69 Å². The monoisotopic (exact) mass is 537 g/mol. The first-order valence-electron chi connectivity index (χ1n) is 14.1. The molecule has 2 aromatic heterocycles. The van der Waals surface area contributed by atoms with Crippen molar-refractivity contribution in [2.24, 2.45) is 0 Å². The van der Waals surface area contributed by atoms with Crippen LogP contribution >= 0.6 is 0 Å². The van der Waals surface area contributed by atoms with Crippen LogP contribution in [0, 0.1) is 0 Å². The van der Waals surface area contributed by atoms with Crippen molar-refractivity contribution >= 4 is 5.65 Å². The third-order valence-corrected chi connectivity index (χ3v) is 8.92. The molecule has 0 bridgehead atoms. The van der Waals surface area contributed by atoms with Crippen LogP contribution in [0.25, 0.3) is 50.4 Å². The molecule has 2 heterocycles. The Labute approximate surface area is 242 Å². The summed E-state index contributed by atoms with van der Waals surface area (Å²) in [6.07, 6.45) is 1.88. The van der Waals surface area contributed by atoms with Gasteiger partial charge in [-0.2, -0.15) is 4.98 Å². The molecular weight excluding hydrogens is 514 g/mol. The maximum Gasteiger partial charge on any atom is 0.355 e. The van der Waals surface area contributed by atoms with Crippen molar-refractivity contribution in [2.75, 3.05) is 0 Å². The predicted octanol–water partition coefficient (Wildman–Crippen LogP) is 7.77. The Balaban J connectivity index is 1.31. The average Bonchev–Trinajstić information content (AvgIpc) is 3.53. The molecule has 7 aromatic rings. The number of fused-ring (bicyclic) bond motifs is 11. The number of benzene rings is 5. The number of pyridine rings is 1. The summed E-state index contributed by atoms with van der Waals surface area (Å²) >= 11 is 0. The molecule has 0 saturated heterocycles. The summed E-state index contributed by atoms with van der Waals surface area (Å²) in [7, 11) is 0. The van der Waals surface area contributed by atoms with E-state index in [4.69, 9.17) is 4.98 Å². The van der Waals surface area contributed by atoms with Gasteiger partial charge in [-0.3, -0.25) is 4.40 Å². The Morgan fingerprint density at radius 2 is 1.05 bits per heavy atom. The molecule has 0 saturated carbocycles. The average molecular weight is 538 g/mol. The van der Waals surface area contributed by atoms with Gasteiger partial charge in [0.05, 0.1) is 5.41 Å². The third-order valence-electron chi connectivity index (χ3n) is 8.92. The highest BCUT2D eigenvalue weighted by Gasteiger charge is 2.51. The van der Waals surface area contributed by atoms with Crippen LogP contribution in [0.2, 0.25) is 0 Å². The topological polar surface area (TPSA) is 47.3 Å². The van der Waals surface area contributed by atoms with E-state index in [1.54, 1.807) is 4.40 Å². The molecule has 42 heavy (non-hydrogen) atoms. The highest BCUT2D eigenvalue weighted by Crippen LogP contribution is 2.63. The molecule has 0 N–H and O–H groups in total. The van der Waals surface area contributed by atoms with Crippen LogP contribution < -0.4 is 5.69 Å². The van der Waals surface area contributed by atoms with Crippen molar-refractivity contribution in [3.63, 3.8) is 0 Å². The second-order valence-corrected chi connectivity index (χ2v) is 11.0. The fourth-order valence-corrected chi connectivity index (χ4v) is 7.27. The molecule has 4 heteroatoms. The quantitative estimate of drug-likeness (QED) is 0.226. The van der Waals surface area contributed by atoms with Crippen molar-refractivity contribution in [2.45, 2.75) is 5.41 Å². The second-order valence-electron chi connectivity index (χ2n) is 11.0. The summed E-state index contributed by atoms with van der Waals surface area (Å²) in [5.74, 6) is 0.434. The molecule has 9 rings (SSSR count). The Morgan fingerprint density at radius 3 is 1.76 bits per heavy atom. The van der Waals surface area contributed by atoms with Crippen molar-refractivity contribution in [1.29, 1.82) is 0 Å². The molecule has 1 spiro atoms. The maximum atomic E-state index is 13.3. The fraction of sp³-hybridized carbons (Fsp3) is 0.0263. The van der Waals surface area contributed by atoms with Gasteiger partial charge in [0.15, 0.2) is 5.82 Å². The number of hydrogen-bond donors (Lipinski definition) is 0. The van der Waals surface area contributed by atoms with E-state index in [0.29, 0.717) is 11.5 Å². The van der Waals surface area contributed by atoms with Gasteiger partial charge in [-0.15, -0.1) is 0 Å². The van der Waals surface area contributed by atoms with Crippen LogP contribution in [0.3, 0.4) is 0 Å². The Kier molecular flexibility index (Phi) is 4.65. The Morgan fingerprint density at radius 1 is 0.476 bits per heavy atom. The standard InChI is InChI=1S/C38H23N3O/c42-37-40-36(24-11-2-1-3-12-24)39-34-22-21-25(23-41(34)37)26-16-10-20-33-35(26)29-15-6-9-19-32(29)38(33)30-17-7-4-13-27(30)28-14-5-8-18-31(28)38/h1-23H. The van der Waals surface area contributed by atoms with Crippen molar-refractivity contribution in [3.05, 3.63) is 172 Å². The summed E-state index contributed by atoms with van der Waals surface area (Å²) in [6, 6.07) is 46.6. The molecule has 0 atom stereocenters. The highest BCUT2D eigenvalue weighted by atomic mass is 16.1. The molecule has 5 aromatic carbocycles. The van der Waals surface area contributed by atoms with E-state index >= 15 is 0 Å². The fourth-order valence-electron chi connectivity index (χ4n) is 7.27. The van der Waals surface area contributed by atoms with E-state index in [1.807, 2.05) is 42.6 Å². The lowest BCUT2D eigenvalue weighted by Gasteiger charge is -2.30. The van der Waals surface area contributed by atoms with E-state index in [1.165, 1.54) is 44.5 Å². The minimum absolute atomic E-state index is 0.344. The summed E-state index contributed by atoms with van der Waals surface area (Å²) in [5, 5.41) is 0. The van der Waals surface area contributed by atoms with Crippen LogP contribution in [-0.2, 0) is 5.41 Å². The van der Waals surface area contributed by atoms with Gasteiger partial charge in [0, 0.05) is 11.8 Å². The molecule has 0 radical (unpaired) electrons. The minimum Gasteiger partial charge on any atom is -0.251 e. The summed E-state index contributed by atoms with van der Waals surface area (Å²) < 4.78 is 1.55. The zero-order chi connectivity index (χ0) is 27.8. The number of nitrogens with zero attached hydrogens (tertiary/aromatic N) is 3. The van der Waals surface area contributed by atoms with Crippen molar-refractivity contribution in [1.82, 2.24) is 14.4 Å². The minimum atomic E-state index is -0.406. The number of aromatic nitrogens is 3. The maximum absolute atomic E-state index is 13.3. The van der Waals surface area contributed by atoms with Gasteiger partial charge < -0.3 is 0 Å². The van der Waals surface area contributed by atoms with Gasteiger partial charge in [0.2, 0.25) is 0 Å². The normalized spacial score (nSPS) is 13.5. The largest absolute Gasteiger partial charge is 0.355 e. The smallest absolute Gasteiger partial charge is 0.251 e. The summed E-state index contributed by atoms with van der Waals surface area (Å²) in [6.45, 7) is 0. The zero-order valence-electron chi connectivity index (χ0n) is 22.5. The molecule has 2 aliphatic rings. The van der Waals surface area contributed by atoms with Crippen molar-refractivity contribution < 1.29 is 0 Å². The molecule has 2 aliphatic carbocycles. The van der Waals surface area contributed by atoms with E-state index in [-0.39, 0.29) is 5.69 Å². The second kappa shape index (κ2) is 8.45. The lowest BCUT2D eigenvalue weighted by molar-refractivity contribution is 0.794. The molecule has 0 unspecified atom stereocenters. The lowest BCUT2D eigenvalue weighted by Crippen LogP contribution is -2.25. The zero-order valence-corrected chi connectivity index (χ0v) is 22.5. The van der Waals surface area contributed by atoms with Gasteiger partial charge in [-0.1, -0.05) is 121 Å². The SMILES string of the molecule is O=c1nc(-c2ccccc2)nc2ccc(-c3cccc4c3-c3ccccc3C43c4ccccc4-c4ccccc43)cn12. The van der Waals surface area contributed by atoms with E-state index in [0.717, 1.165) is 16.7 Å². The Hall–Kier alpha value is -5.61. The van der Waals surface area contributed by atoms with Gasteiger partial charge in [0.25, 0.3) is 0 Å². The van der Waals surface area contributed by atoms with E-state index in [2.05, 4.69) is 102 Å². The van der Waals surface area contributed by atoms with Crippen LogP contribution in [0.1, 0.15) is 22.3 Å². The van der Waals surface area contributed by atoms with E-state index < -0.39 is 5.41 Å². The van der Waals surface area contributed by atoms with Gasteiger partial charge in [-0.25, -0.2) is 9.78 Å². The van der Waals surface area contributed by atoms with Crippen LogP contribution in [0.15, 0.2) is 144 Å². The molecule has 4 nitrogen and oxygen atoms in total. The van der Waals surface area contributed by atoms with Gasteiger partial charge in [-0.05, 0) is 67.8 Å². The first-order valence-corrected chi connectivity index (χ1v) is 14.1. The van der Waals surface area contributed by atoms with Crippen LogP contribution in [-0.4, -0.2) is 14.4 Å². The van der Waals surface area contributed by atoms with Crippen molar-refractivity contribution in [3.8, 4) is 44.8 Å². The first-order chi connectivity index (χ1) is 20.7.